The minimum atomic E-state index is -0.857. The van der Waals surface area contributed by atoms with E-state index in [1.807, 2.05) is 54.6 Å². The second-order valence-electron chi connectivity index (χ2n) is 8.20. The lowest BCUT2D eigenvalue weighted by Gasteiger charge is -2.28. The van der Waals surface area contributed by atoms with Crippen LogP contribution in [0.25, 0.3) is 0 Å². The molecule has 0 spiro atoms. The third-order valence-electron chi connectivity index (χ3n) is 6.25. The van der Waals surface area contributed by atoms with Crippen molar-refractivity contribution in [2.75, 3.05) is 38.1 Å². The molecule has 2 heterocycles. The highest BCUT2D eigenvalue weighted by atomic mass is 16.2. The lowest BCUT2D eigenvalue weighted by atomic mass is 9.73. The standard InChI is InChI=1S/C24H29N3O2/c1-26-21-12-6-5-11-20(21)24(23(26)29,17-19-9-3-2-4-10-19)18-22(28)25-13-16-27-14-7-8-15-27/h2-6,9-12H,7-8,13-18H2,1H3,(H,25,28)/t24-/m0/s1. The molecule has 5 heteroatoms. The third-order valence-corrected chi connectivity index (χ3v) is 6.25. The van der Waals surface area contributed by atoms with Crippen molar-refractivity contribution in [1.82, 2.24) is 10.2 Å². The average Bonchev–Trinajstić information content (AvgIpc) is 3.32. The van der Waals surface area contributed by atoms with Gasteiger partial charge in [-0.1, -0.05) is 48.5 Å². The van der Waals surface area contributed by atoms with Crippen LogP contribution in [-0.2, 0) is 21.4 Å². The zero-order chi connectivity index (χ0) is 20.3. The van der Waals surface area contributed by atoms with Gasteiger partial charge in [-0.3, -0.25) is 9.59 Å². The van der Waals surface area contributed by atoms with Crippen LogP contribution < -0.4 is 10.2 Å². The Hall–Kier alpha value is -2.66. The molecule has 0 radical (unpaired) electrons. The minimum Gasteiger partial charge on any atom is -0.355 e. The van der Waals surface area contributed by atoms with E-state index >= 15 is 0 Å². The summed E-state index contributed by atoms with van der Waals surface area (Å²) < 4.78 is 0. The second kappa shape index (κ2) is 8.37. The molecular weight excluding hydrogens is 362 g/mol. The van der Waals surface area contributed by atoms with E-state index < -0.39 is 5.41 Å². The predicted molar refractivity (Wildman–Crippen MR) is 115 cm³/mol. The van der Waals surface area contributed by atoms with Crippen molar-refractivity contribution in [2.45, 2.75) is 31.1 Å². The Morgan fingerprint density at radius 3 is 2.48 bits per heavy atom. The van der Waals surface area contributed by atoms with Gasteiger partial charge in [0.25, 0.3) is 0 Å². The summed E-state index contributed by atoms with van der Waals surface area (Å²) in [5.41, 5.74) is 2.06. The fourth-order valence-electron chi connectivity index (χ4n) is 4.76. The van der Waals surface area contributed by atoms with Gasteiger partial charge in [-0.05, 0) is 49.5 Å². The number of benzene rings is 2. The maximum atomic E-state index is 13.4. The number of hydrogen-bond donors (Lipinski definition) is 1. The highest BCUT2D eigenvalue weighted by Crippen LogP contribution is 2.45. The number of fused-ring (bicyclic) bond motifs is 1. The van der Waals surface area contributed by atoms with E-state index in [0.717, 1.165) is 36.4 Å². The molecule has 0 saturated carbocycles. The average molecular weight is 392 g/mol. The first-order chi connectivity index (χ1) is 14.1. The lowest BCUT2D eigenvalue weighted by Crippen LogP contribution is -2.45. The van der Waals surface area contributed by atoms with Gasteiger partial charge in [0.2, 0.25) is 11.8 Å². The zero-order valence-electron chi connectivity index (χ0n) is 17.1. The summed E-state index contributed by atoms with van der Waals surface area (Å²) in [5, 5.41) is 3.06. The summed E-state index contributed by atoms with van der Waals surface area (Å²) in [6, 6.07) is 17.8. The topological polar surface area (TPSA) is 52.7 Å². The summed E-state index contributed by atoms with van der Waals surface area (Å²) in [6.45, 7) is 3.74. The summed E-state index contributed by atoms with van der Waals surface area (Å²) in [4.78, 5) is 30.5. The van der Waals surface area contributed by atoms with Crippen LogP contribution in [0.5, 0.6) is 0 Å². The number of nitrogens with one attached hydrogen (secondary N) is 1. The number of likely N-dealkylation sites (tertiary alicyclic amines) is 1. The number of anilines is 1. The molecule has 0 bridgehead atoms. The largest absolute Gasteiger partial charge is 0.355 e. The van der Waals surface area contributed by atoms with E-state index in [1.54, 1.807) is 11.9 Å². The molecule has 2 aromatic rings. The normalized spacial score (nSPS) is 21.4. The first-order valence-corrected chi connectivity index (χ1v) is 10.5. The lowest BCUT2D eigenvalue weighted by molar-refractivity contribution is -0.129. The van der Waals surface area contributed by atoms with Gasteiger partial charge in [0, 0.05) is 32.2 Å². The van der Waals surface area contributed by atoms with Gasteiger partial charge in [-0.2, -0.15) is 0 Å². The minimum absolute atomic E-state index is 0.00255. The van der Waals surface area contributed by atoms with E-state index in [0.29, 0.717) is 13.0 Å². The van der Waals surface area contributed by atoms with Crippen molar-refractivity contribution in [3.8, 4) is 0 Å². The molecule has 2 aromatic carbocycles. The molecule has 1 N–H and O–H groups in total. The maximum Gasteiger partial charge on any atom is 0.238 e. The SMILES string of the molecule is CN1C(=O)[C@](CC(=O)NCCN2CCCC2)(Cc2ccccc2)c2ccccc21. The van der Waals surface area contributed by atoms with Crippen molar-refractivity contribution in [3.05, 3.63) is 65.7 Å². The van der Waals surface area contributed by atoms with E-state index in [-0.39, 0.29) is 18.2 Å². The molecule has 0 aromatic heterocycles. The van der Waals surface area contributed by atoms with Crippen molar-refractivity contribution in [3.63, 3.8) is 0 Å². The molecule has 1 saturated heterocycles. The first-order valence-electron chi connectivity index (χ1n) is 10.5. The van der Waals surface area contributed by atoms with Gasteiger partial charge in [-0.15, -0.1) is 0 Å². The van der Waals surface area contributed by atoms with Gasteiger partial charge >= 0.3 is 0 Å². The van der Waals surface area contributed by atoms with Gasteiger partial charge in [0.15, 0.2) is 0 Å². The first kappa shape index (κ1) is 19.6. The quantitative estimate of drug-likeness (QED) is 0.790. The van der Waals surface area contributed by atoms with Crippen molar-refractivity contribution < 1.29 is 9.59 Å². The molecule has 2 aliphatic heterocycles. The number of rotatable bonds is 7. The van der Waals surface area contributed by atoms with E-state index in [4.69, 9.17) is 0 Å². The number of amides is 2. The second-order valence-corrected chi connectivity index (χ2v) is 8.20. The van der Waals surface area contributed by atoms with Crippen LogP contribution in [0.2, 0.25) is 0 Å². The van der Waals surface area contributed by atoms with E-state index in [2.05, 4.69) is 10.2 Å². The molecule has 0 aliphatic carbocycles. The van der Waals surface area contributed by atoms with E-state index in [1.165, 1.54) is 12.8 Å². The Labute approximate surface area is 172 Å². The third kappa shape index (κ3) is 3.92. The highest BCUT2D eigenvalue weighted by Gasteiger charge is 2.50. The molecule has 4 rings (SSSR count). The highest BCUT2D eigenvalue weighted by molar-refractivity contribution is 6.09. The molecule has 2 aliphatic rings. The van der Waals surface area contributed by atoms with Crippen LogP contribution in [0.1, 0.15) is 30.4 Å². The Morgan fingerprint density at radius 1 is 1.03 bits per heavy atom. The molecule has 1 atom stereocenters. The van der Waals surface area contributed by atoms with Crippen LogP contribution in [0.4, 0.5) is 5.69 Å². The Bertz CT molecular complexity index is 877. The van der Waals surface area contributed by atoms with Crippen LogP contribution in [0.15, 0.2) is 54.6 Å². The molecule has 152 valence electrons. The summed E-state index contributed by atoms with van der Waals surface area (Å²) in [5.74, 6) is -0.0594. The maximum absolute atomic E-state index is 13.4. The number of para-hydroxylation sites is 1. The smallest absolute Gasteiger partial charge is 0.238 e. The van der Waals surface area contributed by atoms with Crippen LogP contribution in [0.3, 0.4) is 0 Å². The Balaban J connectivity index is 1.56. The number of nitrogens with zero attached hydrogens (tertiary/aromatic N) is 2. The van der Waals surface area contributed by atoms with Crippen molar-refractivity contribution in [1.29, 1.82) is 0 Å². The van der Waals surface area contributed by atoms with Crippen LogP contribution in [-0.4, -0.2) is 49.9 Å². The predicted octanol–water partition coefficient (Wildman–Crippen LogP) is 2.75. The summed E-state index contributed by atoms with van der Waals surface area (Å²) in [6.07, 6.45) is 3.17. The molecule has 2 amide bonds. The van der Waals surface area contributed by atoms with Crippen molar-refractivity contribution in [2.24, 2.45) is 0 Å². The zero-order valence-corrected chi connectivity index (χ0v) is 17.1. The van der Waals surface area contributed by atoms with Gasteiger partial charge in [-0.25, -0.2) is 0 Å². The molecule has 5 nitrogen and oxygen atoms in total. The fourth-order valence-corrected chi connectivity index (χ4v) is 4.76. The molecule has 0 unspecified atom stereocenters. The van der Waals surface area contributed by atoms with Gasteiger partial charge in [0.05, 0.1) is 5.41 Å². The Kier molecular flexibility index (Phi) is 5.67. The molecular formula is C24H29N3O2. The molecule has 1 fully saturated rings. The fraction of sp³-hybridized carbons (Fsp3) is 0.417. The monoisotopic (exact) mass is 391 g/mol. The van der Waals surface area contributed by atoms with Crippen LogP contribution in [0, 0.1) is 0 Å². The summed E-state index contributed by atoms with van der Waals surface area (Å²) in [7, 11) is 1.80. The summed E-state index contributed by atoms with van der Waals surface area (Å²) >= 11 is 0. The Morgan fingerprint density at radius 2 is 1.72 bits per heavy atom. The number of carbonyl (C=O) groups is 2. The van der Waals surface area contributed by atoms with Crippen molar-refractivity contribution >= 4 is 17.5 Å². The van der Waals surface area contributed by atoms with Crippen LogP contribution >= 0.6 is 0 Å². The number of likely N-dealkylation sites (N-methyl/N-ethyl adjacent to an activating group) is 1. The van der Waals surface area contributed by atoms with Gasteiger partial charge < -0.3 is 15.1 Å². The van der Waals surface area contributed by atoms with E-state index in [9.17, 15) is 9.59 Å². The number of hydrogen-bond acceptors (Lipinski definition) is 3. The molecule has 29 heavy (non-hydrogen) atoms. The number of carbonyl (C=O) groups excluding carboxylic acids is 2. The van der Waals surface area contributed by atoms with Gasteiger partial charge in [0.1, 0.15) is 0 Å².